The third kappa shape index (κ3) is 3.49. The van der Waals surface area contributed by atoms with E-state index < -0.39 is 6.03 Å². The molecule has 0 heterocycles. The monoisotopic (exact) mass is 223 g/mol. The van der Waals surface area contributed by atoms with Gasteiger partial charge >= 0.3 is 6.03 Å². The Kier molecular flexibility index (Phi) is 3.95. The van der Waals surface area contributed by atoms with Gasteiger partial charge in [0.25, 0.3) is 0 Å². The van der Waals surface area contributed by atoms with Crippen LogP contribution in [0.1, 0.15) is 5.56 Å². The number of hydrogen-bond donors (Lipinski definition) is 2. The predicted molar refractivity (Wildman–Crippen MR) is 58.8 cm³/mol. The molecule has 0 aromatic heterocycles. The summed E-state index contributed by atoms with van der Waals surface area (Å²) in [5.41, 5.74) is 1.55. The van der Waals surface area contributed by atoms with E-state index in [1.54, 1.807) is 12.1 Å². The standard InChI is InChI=1S/C10H10ClN3O/c1-7-2-3-8(11)6-9(7)14-10(15)13-5-4-12/h2-3,6H,5H2,1H3,(H2,13,14,15). The predicted octanol–water partition coefficient (Wildman–Crippen LogP) is 2.29. The molecule has 78 valence electrons. The highest BCUT2D eigenvalue weighted by Gasteiger charge is 2.03. The van der Waals surface area contributed by atoms with Crippen LogP contribution >= 0.6 is 11.6 Å². The van der Waals surface area contributed by atoms with Gasteiger partial charge in [-0.1, -0.05) is 17.7 Å². The molecular weight excluding hydrogens is 214 g/mol. The minimum absolute atomic E-state index is 0.0224. The molecule has 0 bridgehead atoms. The van der Waals surface area contributed by atoms with Crippen molar-refractivity contribution < 1.29 is 4.79 Å². The van der Waals surface area contributed by atoms with E-state index in [-0.39, 0.29) is 6.54 Å². The van der Waals surface area contributed by atoms with Gasteiger partial charge in [0.1, 0.15) is 6.54 Å². The molecule has 2 N–H and O–H groups in total. The third-order valence-electron chi connectivity index (χ3n) is 1.78. The Morgan fingerprint density at radius 1 is 1.60 bits per heavy atom. The number of carbonyl (C=O) groups excluding carboxylic acids is 1. The van der Waals surface area contributed by atoms with Crippen molar-refractivity contribution in [2.24, 2.45) is 0 Å². The molecule has 0 radical (unpaired) electrons. The smallest absolute Gasteiger partial charge is 0.320 e. The van der Waals surface area contributed by atoms with Crippen LogP contribution in [0.4, 0.5) is 10.5 Å². The lowest BCUT2D eigenvalue weighted by Gasteiger charge is -2.08. The molecule has 0 unspecified atom stereocenters. The first kappa shape index (κ1) is 11.3. The van der Waals surface area contributed by atoms with Crippen molar-refractivity contribution in [3.05, 3.63) is 28.8 Å². The summed E-state index contributed by atoms with van der Waals surface area (Å²) in [7, 11) is 0. The van der Waals surface area contributed by atoms with Crippen molar-refractivity contribution in [3.63, 3.8) is 0 Å². The lowest BCUT2D eigenvalue weighted by atomic mass is 10.2. The fourth-order valence-electron chi connectivity index (χ4n) is 1.02. The Bertz CT molecular complexity index is 412. The lowest BCUT2D eigenvalue weighted by molar-refractivity contribution is 0.253. The molecule has 0 atom stereocenters. The molecule has 5 heteroatoms. The summed E-state index contributed by atoms with van der Waals surface area (Å²) in [5.74, 6) is 0. The zero-order valence-electron chi connectivity index (χ0n) is 8.17. The van der Waals surface area contributed by atoms with E-state index in [0.717, 1.165) is 5.56 Å². The molecule has 0 fully saturated rings. The molecule has 0 aliphatic carbocycles. The minimum Gasteiger partial charge on any atom is -0.325 e. The fourth-order valence-corrected chi connectivity index (χ4v) is 1.19. The van der Waals surface area contributed by atoms with Crippen molar-refractivity contribution in [3.8, 4) is 6.07 Å². The molecular formula is C10H10ClN3O. The van der Waals surface area contributed by atoms with Crippen LogP contribution in [-0.2, 0) is 0 Å². The van der Waals surface area contributed by atoms with Crippen molar-refractivity contribution in [2.75, 3.05) is 11.9 Å². The minimum atomic E-state index is -0.415. The summed E-state index contributed by atoms with van der Waals surface area (Å²) < 4.78 is 0. The fraction of sp³-hybridized carbons (Fsp3) is 0.200. The summed E-state index contributed by atoms with van der Waals surface area (Å²) in [6.45, 7) is 1.84. The van der Waals surface area contributed by atoms with E-state index in [0.29, 0.717) is 10.7 Å². The quantitative estimate of drug-likeness (QED) is 0.756. The van der Waals surface area contributed by atoms with Gasteiger partial charge in [-0.3, -0.25) is 0 Å². The van der Waals surface area contributed by atoms with Crippen LogP contribution in [0, 0.1) is 18.3 Å². The van der Waals surface area contributed by atoms with Gasteiger partial charge in [0.05, 0.1) is 6.07 Å². The van der Waals surface area contributed by atoms with E-state index >= 15 is 0 Å². The molecule has 15 heavy (non-hydrogen) atoms. The van der Waals surface area contributed by atoms with Gasteiger partial charge in [-0.2, -0.15) is 5.26 Å². The van der Waals surface area contributed by atoms with Crippen molar-refractivity contribution in [2.45, 2.75) is 6.92 Å². The van der Waals surface area contributed by atoms with Crippen LogP contribution in [0.25, 0.3) is 0 Å². The van der Waals surface area contributed by atoms with Crippen molar-refractivity contribution in [1.29, 1.82) is 5.26 Å². The normalized spacial score (nSPS) is 9.13. The van der Waals surface area contributed by atoms with Crippen LogP contribution in [0.15, 0.2) is 18.2 Å². The van der Waals surface area contributed by atoms with Gasteiger partial charge in [0.15, 0.2) is 0 Å². The molecule has 1 aromatic carbocycles. The Labute approximate surface area is 92.8 Å². The maximum atomic E-state index is 11.2. The Morgan fingerprint density at radius 2 is 2.33 bits per heavy atom. The number of urea groups is 1. The molecule has 1 rings (SSSR count). The van der Waals surface area contributed by atoms with Gasteiger partial charge in [-0.25, -0.2) is 4.79 Å². The number of benzene rings is 1. The van der Waals surface area contributed by atoms with Gasteiger partial charge in [0.2, 0.25) is 0 Å². The van der Waals surface area contributed by atoms with E-state index in [2.05, 4.69) is 10.6 Å². The number of aryl methyl sites for hydroxylation is 1. The summed E-state index contributed by atoms with van der Waals surface area (Å²) >= 11 is 5.78. The van der Waals surface area contributed by atoms with Crippen LogP contribution < -0.4 is 10.6 Å². The number of hydrogen-bond acceptors (Lipinski definition) is 2. The van der Waals surface area contributed by atoms with E-state index in [1.165, 1.54) is 0 Å². The van der Waals surface area contributed by atoms with E-state index in [4.69, 9.17) is 16.9 Å². The van der Waals surface area contributed by atoms with Gasteiger partial charge in [-0.05, 0) is 24.6 Å². The number of nitriles is 1. The van der Waals surface area contributed by atoms with Crippen molar-refractivity contribution in [1.82, 2.24) is 5.32 Å². The zero-order chi connectivity index (χ0) is 11.3. The Balaban J connectivity index is 2.68. The first-order valence-corrected chi connectivity index (χ1v) is 4.69. The highest BCUT2D eigenvalue weighted by molar-refractivity contribution is 6.31. The van der Waals surface area contributed by atoms with Crippen LogP contribution in [0.2, 0.25) is 5.02 Å². The molecule has 2 amide bonds. The first-order valence-electron chi connectivity index (χ1n) is 4.31. The molecule has 0 aliphatic heterocycles. The molecule has 0 saturated heterocycles. The molecule has 0 spiro atoms. The second-order valence-corrected chi connectivity index (χ2v) is 3.36. The number of halogens is 1. The number of nitrogens with one attached hydrogen (secondary N) is 2. The maximum absolute atomic E-state index is 11.2. The third-order valence-corrected chi connectivity index (χ3v) is 2.01. The lowest BCUT2D eigenvalue weighted by Crippen LogP contribution is -2.29. The number of rotatable bonds is 2. The van der Waals surface area contributed by atoms with Crippen LogP contribution in [0.3, 0.4) is 0 Å². The SMILES string of the molecule is Cc1ccc(Cl)cc1NC(=O)NCC#N. The first-order chi connectivity index (χ1) is 7.13. The average Bonchev–Trinajstić information content (AvgIpc) is 2.20. The second kappa shape index (κ2) is 5.23. The van der Waals surface area contributed by atoms with E-state index in [9.17, 15) is 4.79 Å². The summed E-state index contributed by atoms with van der Waals surface area (Å²) in [6.07, 6.45) is 0. The van der Waals surface area contributed by atoms with E-state index in [1.807, 2.05) is 19.1 Å². The summed E-state index contributed by atoms with van der Waals surface area (Å²) in [5, 5.41) is 13.8. The van der Waals surface area contributed by atoms with Crippen molar-refractivity contribution >= 4 is 23.3 Å². The number of nitrogens with zero attached hydrogens (tertiary/aromatic N) is 1. The number of amides is 2. The largest absolute Gasteiger partial charge is 0.325 e. The summed E-state index contributed by atoms with van der Waals surface area (Å²) in [4.78, 5) is 11.2. The highest BCUT2D eigenvalue weighted by atomic mass is 35.5. The summed E-state index contributed by atoms with van der Waals surface area (Å²) in [6, 6.07) is 6.61. The highest BCUT2D eigenvalue weighted by Crippen LogP contribution is 2.19. The van der Waals surface area contributed by atoms with Gasteiger partial charge in [-0.15, -0.1) is 0 Å². The zero-order valence-corrected chi connectivity index (χ0v) is 8.93. The molecule has 0 saturated carbocycles. The maximum Gasteiger partial charge on any atom is 0.320 e. The number of anilines is 1. The Morgan fingerprint density at radius 3 is 3.00 bits per heavy atom. The average molecular weight is 224 g/mol. The van der Waals surface area contributed by atoms with Crippen LogP contribution in [-0.4, -0.2) is 12.6 Å². The van der Waals surface area contributed by atoms with Crippen LogP contribution in [0.5, 0.6) is 0 Å². The Hall–Kier alpha value is -1.73. The molecule has 4 nitrogen and oxygen atoms in total. The van der Waals surface area contributed by atoms with Gasteiger partial charge < -0.3 is 10.6 Å². The molecule has 0 aliphatic rings. The second-order valence-electron chi connectivity index (χ2n) is 2.93. The molecule has 1 aromatic rings. The number of carbonyl (C=O) groups is 1. The van der Waals surface area contributed by atoms with Gasteiger partial charge in [0, 0.05) is 10.7 Å². The topological polar surface area (TPSA) is 64.9 Å².